The van der Waals surface area contributed by atoms with Crippen LogP contribution in [-0.2, 0) is 0 Å². The van der Waals surface area contributed by atoms with Crippen molar-refractivity contribution in [1.29, 1.82) is 0 Å². The third-order valence-corrected chi connectivity index (χ3v) is 2.27. The minimum absolute atomic E-state index is 0.113. The summed E-state index contributed by atoms with van der Waals surface area (Å²) in [7, 11) is 3.18. The Balaban J connectivity index is 2.44. The highest BCUT2D eigenvalue weighted by Gasteiger charge is 2.17. The van der Waals surface area contributed by atoms with E-state index in [2.05, 4.69) is 20.3 Å². The van der Waals surface area contributed by atoms with Crippen molar-refractivity contribution in [2.75, 3.05) is 14.1 Å². The molecule has 2 aromatic rings. The lowest BCUT2D eigenvalue weighted by molar-refractivity contribution is 0.170. The van der Waals surface area contributed by atoms with E-state index in [4.69, 9.17) is 4.74 Å². The van der Waals surface area contributed by atoms with Crippen molar-refractivity contribution in [3.63, 3.8) is 0 Å². The van der Waals surface area contributed by atoms with Gasteiger partial charge in [0.05, 0.1) is 6.04 Å². The maximum absolute atomic E-state index is 11.5. The zero-order valence-electron chi connectivity index (χ0n) is 10.7. The fourth-order valence-corrected chi connectivity index (χ4v) is 1.34. The van der Waals surface area contributed by atoms with Crippen molar-refractivity contribution in [2.24, 2.45) is 0 Å². The van der Waals surface area contributed by atoms with Gasteiger partial charge >= 0.3 is 6.09 Å². The van der Waals surface area contributed by atoms with Gasteiger partial charge in [0.15, 0.2) is 11.2 Å². The summed E-state index contributed by atoms with van der Waals surface area (Å²) in [5.41, 5.74) is 0.919. The summed E-state index contributed by atoms with van der Waals surface area (Å²) in [6.07, 6.45) is 0.803. The van der Waals surface area contributed by atoms with Gasteiger partial charge in [-0.05, 0) is 13.8 Å². The second-order valence-electron chi connectivity index (χ2n) is 4.24. The minimum Gasteiger partial charge on any atom is -0.388 e. The van der Waals surface area contributed by atoms with Gasteiger partial charge in [-0.2, -0.15) is 4.98 Å². The van der Waals surface area contributed by atoms with Gasteiger partial charge < -0.3 is 9.64 Å². The van der Waals surface area contributed by atoms with Gasteiger partial charge in [-0.1, -0.05) is 5.21 Å². The SMILES string of the molecule is CC(C)n1nnc2c(OC(=O)N(C)C)ncnc21. The van der Waals surface area contributed by atoms with Crippen LogP contribution in [-0.4, -0.2) is 50.1 Å². The number of fused-ring (bicyclic) bond motifs is 1. The standard InChI is InChI=1S/C10H14N6O2/c1-6(2)16-8-7(13-14-16)9(12-5-11-8)18-10(17)15(3)4/h5-6H,1-4H3. The van der Waals surface area contributed by atoms with E-state index in [1.54, 1.807) is 18.8 Å². The van der Waals surface area contributed by atoms with Crippen LogP contribution in [0.25, 0.3) is 11.2 Å². The molecular formula is C10H14N6O2. The Morgan fingerprint density at radius 1 is 1.39 bits per heavy atom. The van der Waals surface area contributed by atoms with Gasteiger partial charge in [0, 0.05) is 14.1 Å². The summed E-state index contributed by atoms with van der Waals surface area (Å²) in [4.78, 5) is 20.8. The Morgan fingerprint density at radius 2 is 2.11 bits per heavy atom. The molecule has 0 N–H and O–H groups in total. The number of hydrogen-bond donors (Lipinski definition) is 0. The lowest BCUT2D eigenvalue weighted by Crippen LogP contribution is -2.25. The molecule has 0 unspecified atom stereocenters. The van der Waals surface area contributed by atoms with Crippen molar-refractivity contribution >= 4 is 17.3 Å². The molecule has 0 saturated heterocycles. The van der Waals surface area contributed by atoms with Crippen LogP contribution >= 0.6 is 0 Å². The highest BCUT2D eigenvalue weighted by Crippen LogP contribution is 2.20. The van der Waals surface area contributed by atoms with Gasteiger partial charge in [0.25, 0.3) is 5.88 Å². The Morgan fingerprint density at radius 3 is 2.72 bits per heavy atom. The summed E-state index contributed by atoms with van der Waals surface area (Å²) >= 11 is 0. The van der Waals surface area contributed by atoms with Crippen molar-refractivity contribution < 1.29 is 9.53 Å². The molecule has 0 aliphatic heterocycles. The predicted molar refractivity (Wildman–Crippen MR) is 63.2 cm³/mol. The van der Waals surface area contributed by atoms with Crippen molar-refractivity contribution in [2.45, 2.75) is 19.9 Å². The molecule has 8 heteroatoms. The molecule has 0 aromatic carbocycles. The Hall–Kier alpha value is -2.25. The third kappa shape index (κ3) is 2.08. The number of rotatable bonds is 2. The molecule has 2 aromatic heterocycles. The van der Waals surface area contributed by atoms with Crippen LogP contribution in [0.3, 0.4) is 0 Å². The van der Waals surface area contributed by atoms with E-state index >= 15 is 0 Å². The number of amides is 1. The van der Waals surface area contributed by atoms with Gasteiger partial charge in [0.1, 0.15) is 6.33 Å². The lowest BCUT2D eigenvalue weighted by atomic mass is 10.4. The number of hydrogen-bond acceptors (Lipinski definition) is 6. The topological polar surface area (TPSA) is 86.0 Å². The molecule has 1 amide bonds. The zero-order valence-corrected chi connectivity index (χ0v) is 10.7. The van der Waals surface area contributed by atoms with Crippen LogP contribution in [0.4, 0.5) is 4.79 Å². The van der Waals surface area contributed by atoms with E-state index in [1.165, 1.54) is 11.2 Å². The lowest BCUT2D eigenvalue weighted by Gasteiger charge is -2.09. The predicted octanol–water partition coefficient (Wildman–Crippen LogP) is 0.863. The Labute approximate surface area is 104 Å². The zero-order chi connectivity index (χ0) is 13.3. The van der Waals surface area contributed by atoms with E-state index in [0.29, 0.717) is 11.2 Å². The normalized spacial score (nSPS) is 10.9. The smallest absolute Gasteiger partial charge is 0.388 e. The quantitative estimate of drug-likeness (QED) is 0.785. The number of ether oxygens (including phenoxy) is 1. The summed E-state index contributed by atoms with van der Waals surface area (Å²) in [5.74, 6) is 0.116. The van der Waals surface area contributed by atoms with E-state index in [9.17, 15) is 4.79 Å². The van der Waals surface area contributed by atoms with Crippen LogP contribution in [0.15, 0.2) is 6.33 Å². The van der Waals surface area contributed by atoms with Crippen molar-refractivity contribution in [3.05, 3.63) is 6.33 Å². The number of aromatic nitrogens is 5. The number of carbonyl (C=O) groups is 1. The van der Waals surface area contributed by atoms with Crippen molar-refractivity contribution in [3.8, 4) is 5.88 Å². The first-order chi connectivity index (χ1) is 8.50. The average Bonchev–Trinajstić information content (AvgIpc) is 2.73. The van der Waals surface area contributed by atoms with Crippen LogP contribution in [0.5, 0.6) is 5.88 Å². The maximum atomic E-state index is 11.5. The van der Waals surface area contributed by atoms with Gasteiger partial charge in [0.2, 0.25) is 0 Å². The van der Waals surface area contributed by atoms with Gasteiger partial charge in [-0.25, -0.2) is 14.5 Å². The molecule has 2 heterocycles. The highest BCUT2D eigenvalue weighted by atomic mass is 16.6. The molecule has 2 rings (SSSR count). The molecule has 0 atom stereocenters. The molecule has 0 aliphatic carbocycles. The molecule has 0 radical (unpaired) electrons. The first kappa shape index (κ1) is 12.2. The van der Waals surface area contributed by atoms with Crippen LogP contribution < -0.4 is 4.74 Å². The molecule has 8 nitrogen and oxygen atoms in total. The summed E-state index contributed by atoms with van der Waals surface area (Å²) in [6, 6.07) is 0.113. The molecule has 0 fully saturated rings. The fourth-order valence-electron chi connectivity index (χ4n) is 1.34. The first-order valence-corrected chi connectivity index (χ1v) is 5.45. The molecule has 0 aliphatic rings. The minimum atomic E-state index is -0.519. The van der Waals surface area contributed by atoms with Crippen LogP contribution in [0.2, 0.25) is 0 Å². The van der Waals surface area contributed by atoms with Crippen molar-refractivity contribution in [1.82, 2.24) is 29.9 Å². The summed E-state index contributed by atoms with van der Waals surface area (Å²) in [5, 5.41) is 7.91. The second-order valence-corrected chi connectivity index (χ2v) is 4.24. The largest absolute Gasteiger partial charge is 0.416 e. The molecule has 96 valence electrons. The molecular weight excluding hydrogens is 236 g/mol. The van der Waals surface area contributed by atoms with Crippen LogP contribution in [0, 0.1) is 0 Å². The second kappa shape index (κ2) is 4.55. The third-order valence-electron chi connectivity index (χ3n) is 2.27. The summed E-state index contributed by atoms with van der Waals surface area (Å²) in [6.45, 7) is 3.92. The maximum Gasteiger partial charge on any atom is 0.416 e. The number of carbonyl (C=O) groups excluding carboxylic acids is 1. The fraction of sp³-hybridized carbons (Fsp3) is 0.500. The number of nitrogens with zero attached hydrogens (tertiary/aromatic N) is 6. The van der Waals surface area contributed by atoms with Gasteiger partial charge in [-0.15, -0.1) is 5.10 Å². The molecule has 0 bridgehead atoms. The Bertz CT molecular complexity index is 577. The monoisotopic (exact) mass is 250 g/mol. The van der Waals surface area contributed by atoms with Crippen LogP contribution in [0.1, 0.15) is 19.9 Å². The van der Waals surface area contributed by atoms with E-state index in [1.807, 2.05) is 13.8 Å². The first-order valence-electron chi connectivity index (χ1n) is 5.45. The van der Waals surface area contributed by atoms with Gasteiger partial charge in [-0.3, -0.25) is 0 Å². The van der Waals surface area contributed by atoms with E-state index in [0.717, 1.165) is 0 Å². The molecule has 0 saturated carbocycles. The Kier molecular flexibility index (Phi) is 3.09. The summed E-state index contributed by atoms with van der Waals surface area (Å²) < 4.78 is 6.75. The van der Waals surface area contributed by atoms with E-state index in [-0.39, 0.29) is 11.9 Å². The molecule has 0 spiro atoms. The molecule has 18 heavy (non-hydrogen) atoms. The highest BCUT2D eigenvalue weighted by molar-refractivity contribution is 5.79. The van der Waals surface area contributed by atoms with E-state index < -0.39 is 6.09 Å². The average molecular weight is 250 g/mol.